The van der Waals surface area contributed by atoms with Crippen LogP contribution < -0.4 is 14.8 Å². The molecule has 4 rings (SSSR count). The minimum absolute atomic E-state index is 0.147. The number of para-hydroxylation sites is 1. The lowest BCUT2D eigenvalue weighted by atomic mass is 9.96. The van der Waals surface area contributed by atoms with Gasteiger partial charge in [0.2, 0.25) is 5.91 Å². The van der Waals surface area contributed by atoms with Gasteiger partial charge in [-0.1, -0.05) is 42.0 Å². The van der Waals surface area contributed by atoms with Crippen molar-refractivity contribution in [3.8, 4) is 22.6 Å². The van der Waals surface area contributed by atoms with Crippen molar-refractivity contribution < 1.29 is 18.7 Å². The Morgan fingerprint density at radius 2 is 1.83 bits per heavy atom. The van der Waals surface area contributed by atoms with E-state index in [4.69, 9.17) is 13.9 Å². The van der Waals surface area contributed by atoms with Crippen LogP contribution in [0.2, 0.25) is 0 Å². The molecule has 1 aromatic heterocycles. The van der Waals surface area contributed by atoms with E-state index in [-0.39, 0.29) is 5.91 Å². The number of aryl methyl sites for hydroxylation is 2. The van der Waals surface area contributed by atoms with Gasteiger partial charge in [-0.25, -0.2) is 0 Å². The highest BCUT2D eigenvalue weighted by Crippen LogP contribution is 2.38. The second kappa shape index (κ2) is 11.2. The molecule has 1 heterocycles. The van der Waals surface area contributed by atoms with Gasteiger partial charge in [0.1, 0.15) is 17.1 Å². The largest absolute Gasteiger partial charge is 0.496 e. The van der Waals surface area contributed by atoms with Gasteiger partial charge in [-0.15, -0.1) is 0 Å². The molecule has 1 amide bonds. The minimum Gasteiger partial charge on any atom is -0.496 e. The van der Waals surface area contributed by atoms with Gasteiger partial charge in [-0.05, 0) is 68.5 Å². The molecule has 36 heavy (non-hydrogen) atoms. The predicted octanol–water partition coefficient (Wildman–Crippen LogP) is 6.89. The Labute approximate surface area is 212 Å². The van der Waals surface area contributed by atoms with E-state index in [9.17, 15) is 4.79 Å². The lowest BCUT2D eigenvalue weighted by Crippen LogP contribution is -2.24. The van der Waals surface area contributed by atoms with E-state index >= 15 is 0 Å². The summed E-state index contributed by atoms with van der Waals surface area (Å²) in [4.78, 5) is 12.7. The number of amides is 1. The maximum absolute atomic E-state index is 12.7. The summed E-state index contributed by atoms with van der Waals surface area (Å²) in [5.74, 6) is 1.38. The van der Waals surface area contributed by atoms with Crippen molar-refractivity contribution in [3.05, 3.63) is 89.2 Å². The van der Waals surface area contributed by atoms with Crippen LogP contribution in [0, 0.1) is 13.8 Å². The number of furan rings is 1. The van der Waals surface area contributed by atoms with Crippen molar-refractivity contribution in [2.45, 2.75) is 34.1 Å². The molecule has 0 aliphatic carbocycles. The van der Waals surface area contributed by atoms with Gasteiger partial charge >= 0.3 is 0 Å². The normalized spacial score (nSPS) is 11.5. The fourth-order valence-electron chi connectivity index (χ4n) is 4.52. The first kappa shape index (κ1) is 25.1. The van der Waals surface area contributed by atoms with E-state index in [1.165, 1.54) is 11.1 Å². The first-order valence-electron chi connectivity index (χ1n) is 12.2. The summed E-state index contributed by atoms with van der Waals surface area (Å²) >= 11 is 0. The smallest absolute Gasteiger partial charge is 0.244 e. The monoisotopic (exact) mass is 483 g/mol. The standard InChI is InChI=1S/C31H33NO4/c1-6-35-29-18-30-26(27(19-36-30)24-12-11-20(2)15-21(24)3)17-25(29)22(4)16-31(33)32-14-13-23-9-7-8-10-28(23)34-5/h7-12,15-19H,6,13-14H2,1-5H3,(H,32,33)/b22-16+. The van der Waals surface area contributed by atoms with Crippen LogP contribution in [-0.2, 0) is 11.2 Å². The molecule has 0 saturated heterocycles. The number of benzene rings is 3. The van der Waals surface area contributed by atoms with Crippen LogP contribution in [0.3, 0.4) is 0 Å². The number of allylic oxidation sites excluding steroid dienone is 1. The van der Waals surface area contributed by atoms with Crippen LogP contribution in [0.15, 0.2) is 71.4 Å². The molecule has 0 aliphatic heterocycles. The fraction of sp³-hybridized carbons (Fsp3) is 0.258. The van der Waals surface area contributed by atoms with Crippen molar-refractivity contribution in [2.24, 2.45) is 0 Å². The van der Waals surface area contributed by atoms with E-state index in [0.717, 1.165) is 44.5 Å². The zero-order valence-corrected chi connectivity index (χ0v) is 21.6. The molecule has 5 nitrogen and oxygen atoms in total. The van der Waals surface area contributed by atoms with Gasteiger partial charge in [-0.2, -0.15) is 0 Å². The number of hydrogen-bond acceptors (Lipinski definition) is 4. The van der Waals surface area contributed by atoms with Gasteiger partial charge in [0.05, 0.1) is 20.0 Å². The SMILES string of the molecule is CCOc1cc2occ(-c3ccc(C)cc3C)c2cc1/C(C)=C/C(=O)NCCc1ccccc1OC. The molecular weight excluding hydrogens is 450 g/mol. The summed E-state index contributed by atoms with van der Waals surface area (Å²) in [7, 11) is 1.65. The molecule has 0 bridgehead atoms. The maximum atomic E-state index is 12.7. The molecule has 186 valence electrons. The molecule has 4 aromatic rings. The second-order valence-corrected chi connectivity index (χ2v) is 8.93. The van der Waals surface area contributed by atoms with Crippen LogP contribution in [0.25, 0.3) is 27.7 Å². The zero-order valence-electron chi connectivity index (χ0n) is 21.6. The van der Waals surface area contributed by atoms with E-state index in [2.05, 4.69) is 43.4 Å². The third-order valence-electron chi connectivity index (χ3n) is 6.31. The number of methoxy groups -OCH3 is 1. The third kappa shape index (κ3) is 5.46. The summed E-state index contributed by atoms with van der Waals surface area (Å²) in [6.45, 7) is 9.10. The summed E-state index contributed by atoms with van der Waals surface area (Å²) in [6, 6.07) is 18.2. The van der Waals surface area contributed by atoms with Crippen LogP contribution in [-0.4, -0.2) is 26.2 Å². The van der Waals surface area contributed by atoms with Crippen LogP contribution in [0.5, 0.6) is 11.5 Å². The van der Waals surface area contributed by atoms with Gasteiger partial charge in [0, 0.05) is 35.2 Å². The van der Waals surface area contributed by atoms with Gasteiger partial charge in [-0.3, -0.25) is 4.79 Å². The van der Waals surface area contributed by atoms with Gasteiger partial charge < -0.3 is 19.2 Å². The number of hydrogen-bond donors (Lipinski definition) is 1. The van der Waals surface area contributed by atoms with E-state index in [0.29, 0.717) is 25.3 Å². The van der Waals surface area contributed by atoms with E-state index in [1.807, 2.05) is 44.2 Å². The number of nitrogens with one attached hydrogen (secondary N) is 1. The number of fused-ring (bicyclic) bond motifs is 1. The highest BCUT2D eigenvalue weighted by atomic mass is 16.5. The Hall–Kier alpha value is -3.99. The van der Waals surface area contributed by atoms with E-state index in [1.54, 1.807) is 19.4 Å². The molecule has 0 spiro atoms. The quantitative estimate of drug-likeness (QED) is 0.264. The molecule has 1 N–H and O–H groups in total. The summed E-state index contributed by atoms with van der Waals surface area (Å²) < 4.78 is 17.2. The van der Waals surface area contributed by atoms with E-state index < -0.39 is 0 Å². The first-order valence-corrected chi connectivity index (χ1v) is 12.2. The molecule has 0 aliphatic rings. The molecule has 0 radical (unpaired) electrons. The lowest BCUT2D eigenvalue weighted by Gasteiger charge is -2.12. The Balaban J connectivity index is 1.60. The average molecular weight is 484 g/mol. The van der Waals surface area contributed by atoms with Crippen LogP contribution in [0.1, 0.15) is 36.1 Å². The number of rotatable bonds is 9. The van der Waals surface area contributed by atoms with Crippen molar-refractivity contribution in [1.29, 1.82) is 0 Å². The molecule has 0 atom stereocenters. The van der Waals surface area contributed by atoms with Crippen LogP contribution >= 0.6 is 0 Å². The first-order chi connectivity index (χ1) is 17.4. The highest BCUT2D eigenvalue weighted by molar-refractivity contribution is 6.00. The topological polar surface area (TPSA) is 60.7 Å². The lowest BCUT2D eigenvalue weighted by molar-refractivity contribution is -0.116. The Kier molecular flexibility index (Phi) is 7.79. The molecule has 5 heteroatoms. The Morgan fingerprint density at radius 3 is 2.58 bits per heavy atom. The Morgan fingerprint density at radius 1 is 1.03 bits per heavy atom. The second-order valence-electron chi connectivity index (χ2n) is 8.93. The summed E-state index contributed by atoms with van der Waals surface area (Å²) in [5, 5.41) is 3.98. The van der Waals surface area contributed by atoms with Crippen molar-refractivity contribution in [1.82, 2.24) is 5.32 Å². The number of ether oxygens (including phenoxy) is 2. The molecule has 0 unspecified atom stereocenters. The highest BCUT2D eigenvalue weighted by Gasteiger charge is 2.16. The summed E-state index contributed by atoms with van der Waals surface area (Å²) in [6.07, 6.45) is 4.11. The van der Waals surface area contributed by atoms with Gasteiger partial charge in [0.25, 0.3) is 0 Å². The fourth-order valence-corrected chi connectivity index (χ4v) is 4.52. The maximum Gasteiger partial charge on any atom is 0.244 e. The van der Waals surface area contributed by atoms with Crippen molar-refractivity contribution in [2.75, 3.05) is 20.3 Å². The van der Waals surface area contributed by atoms with Crippen molar-refractivity contribution in [3.63, 3.8) is 0 Å². The number of carbonyl (C=O) groups excluding carboxylic acids is 1. The molecule has 0 fully saturated rings. The average Bonchev–Trinajstić information content (AvgIpc) is 3.26. The Bertz CT molecular complexity index is 1410. The summed E-state index contributed by atoms with van der Waals surface area (Å²) in [5.41, 5.74) is 8.08. The molecule has 0 saturated carbocycles. The minimum atomic E-state index is -0.147. The molecule has 3 aromatic carbocycles. The predicted molar refractivity (Wildman–Crippen MR) is 146 cm³/mol. The number of carbonyl (C=O) groups is 1. The van der Waals surface area contributed by atoms with Crippen LogP contribution in [0.4, 0.5) is 0 Å². The van der Waals surface area contributed by atoms with Gasteiger partial charge in [0.15, 0.2) is 0 Å². The van der Waals surface area contributed by atoms with Crippen molar-refractivity contribution >= 4 is 22.4 Å². The third-order valence-corrected chi connectivity index (χ3v) is 6.31. The molecular formula is C31H33NO4. The zero-order chi connectivity index (χ0) is 25.7.